The molecule has 30 heavy (non-hydrogen) atoms. The van der Waals surface area contributed by atoms with E-state index in [-0.39, 0.29) is 29.2 Å². The summed E-state index contributed by atoms with van der Waals surface area (Å²) in [6, 6.07) is 0.290. The number of nitrogens with one attached hydrogen (secondary N) is 1. The maximum Gasteiger partial charge on any atom is 0.219 e. The van der Waals surface area contributed by atoms with Crippen LogP contribution < -0.4 is 5.32 Å². The van der Waals surface area contributed by atoms with Crippen LogP contribution in [0, 0.1) is 5.41 Å². The zero-order valence-corrected chi connectivity index (χ0v) is 19.3. The minimum absolute atomic E-state index is 0.0578. The average molecular weight is 432 g/mol. The smallest absolute Gasteiger partial charge is 0.219 e. The number of hydrogen-bond acceptors (Lipinski definition) is 4. The van der Waals surface area contributed by atoms with E-state index in [1.165, 1.54) is 0 Å². The minimum Gasteiger partial charge on any atom is -0.366 e. The van der Waals surface area contributed by atoms with Crippen molar-refractivity contribution in [1.29, 1.82) is 0 Å². The highest BCUT2D eigenvalue weighted by Crippen LogP contribution is 2.42. The third-order valence-corrected chi connectivity index (χ3v) is 7.34. The minimum atomic E-state index is -0.0607. The molecule has 1 amide bonds. The van der Waals surface area contributed by atoms with Crippen LogP contribution in [0.4, 0.5) is 0 Å². The molecule has 164 valence electrons. The topological polar surface area (TPSA) is 70.5 Å². The van der Waals surface area contributed by atoms with Gasteiger partial charge in [-0.05, 0) is 49.7 Å². The van der Waals surface area contributed by atoms with Gasteiger partial charge in [-0.15, -0.1) is 0 Å². The molecule has 1 atom stereocenters. The highest BCUT2D eigenvalue weighted by Gasteiger charge is 2.42. The number of thiocarbonyl (C=S) groups is 1. The lowest BCUT2D eigenvalue weighted by Crippen LogP contribution is -2.38. The largest absolute Gasteiger partial charge is 0.366 e. The zero-order valence-electron chi connectivity index (χ0n) is 18.5. The normalized spacial score (nSPS) is 24.1. The summed E-state index contributed by atoms with van der Waals surface area (Å²) in [7, 11) is 1.85. The molecule has 2 fully saturated rings. The molecule has 4 rings (SSSR count). The monoisotopic (exact) mass is 431 g/mol. The second-order valence-electron chi connectivity index (χ2n) is 9.74. The molecule has 0 unspecified atom stereocenters. The summed E-state index contributed by atoms with van der Waals surface area (Å²) in [6.07, 6.45) is 5.19. The average Bonchev–Trinajstić information content (AvgIpc) is 3.31. The van der Waals surface area contributed by atoms with Crippen LogP contribution in [-0.2, 0) is 11.2 Å². The molecule has 2 saturated heterocycles. The van der Waals surface area contributed by atoms with Crippen molar-refractivity contribution in [1.82, 2.24) is 24.9 Å². The summed E-state index contributed by atoms with van der Waals surface area (Å²) in [5, 5.41) is 8.93. The molecule has 1 aromatic rings. The molecule has 7 nitrogen and oxygen atoms in total. The number of aromatic nitrogens is 2. The Kier molecular flexibility index (Phi) is 5.64. The molecule has 0 radical (unpaired) electrons. The second-order valence-corrected chi connectivity index (χ2v) is 10.1. The predicted molar refractivity (Wildman–Crippen MR) is 120 cm³/mol. The predicted octanol–water partition coefficient (Wildman–Crippen LogP) is 2.86. The van der Waals surface area contributed by atoms with Crippen LogP contribution in [0.3, 0.4) is 0 Å². The lowest BCUT2D eigenvalue weighted by molar-refractivity contribution is -0.130. The number of likely N-dealkylation sites (tertiary alicyclic amines) is 2. The van der Waals surface area contributed by atoms with E-state index in [9.17, 15) is 9.59 Å². The van der Waals surface area contributed by atoms with E-state index in [1.54, 1.807) is 6.92 Å². The van der Waals surface area contributed by atoms with Gasteiger partial charge < -0.3 is 15.1 Å². The molecular formula is C22H33N5O2S. The summed E-state index contributed by atoms with van der Waals surface area (Å²) in [5.41, 5.74) is 2.79. The number of fused-ring (bicyclic) bond motifs is 1. The highest BCUT2D eigenvalue weighted by atomic mass is 32.1. The van der Waals surface area contributed by atoms with Crippen LogP contribution in [0.5, 0.6) is 0 Å². The first-order valence-corrected chi connectivity index (χ1v) is 11.5. The SMILES string of the molecule is CNC(=S)N1CCC[C@@H]1c1nn(C2CCN(C(C)=O)CC2)c2c1C(=O)CC(C)(C)C2. The summed E-state index contributed by atoms with van der Waals surface area (Å²) in [6.45, 7) is 8.36. The molecular weight excluding hydrogens is 398 g/mol. The van der Waals surface area contributed by atoms with E-state index in [0.717, 1.165) is 73.8 Å². The first-order chi connectivity index (χ1) is 14.2. The maximum absolute atomic E-state index is 13.3. The number of carbonyl (C=O) groups is 2. The maximum atomic E-state index is 13.3. The molecule has 8 heteroatoms. The second kappa shape index (κ2) is 7.94. The highest BCUT2D eigenvalue weighted by molar-refractivity contribution is 7.80. The number of Topliss-reactive ketones (excluding diaryl/α,β-unsaturated/α-hetero) is 1. The number of piperidine rings is 1. The van der Waals surface area contributed by atoms with Gasteiger partial charge in [-0.1, -0.05) is 13.8 Å². The van der Waals surface area contributed by atoms with Gasteiger partial charge in [-0.2, -0.15) is 5.10 Å². The van der Waals surface area contributed by atoms with Gasteiger partial charge in [0.15, 0.2) is 10.9 Å². The van der Waals surface area contributed by atoms with Crippen LogP contribution in [0.1, 0.15) is 86.7 Å². The van der Waals surface area contributed by atoms with Crippen LogP contribution >= 0.6 is 12.2 Å². The van der Waals surface area contributed by atoms with Crippen molar-refractivity contribution in [2.24, 2.45) is 5.41 Å². The number of carbonyl (C=O) groups excluding carboxylic acids is 2. The van der Waals surface area contributed by atoms with Gasteiger partial charge >= 0.3 is 0 Å². The molecule has 1 aromatic heterocycles. The number of hydrogen-bond donors (Lipinski definition) is 1. The summed E-state index contributed by atoms with van der Waals surface area (Å²) < 4.78 is 2.15. The Morgan fingerprint density at radius 3 is 2.50 bits per heavy atom. The molecule has 0 bridgehead atoms. The molecule has 2 aliphatic heterocycles. The first kappa shape index (κ1) is 21.3. The Balaban J connectivity index is 1.73. The van der Waals surface area contributed by atoms with Crippen molar-refractivity contribution in [2.75, 3.05) is 26.7 Å². The Hall–Kier alpha value is -1.96. The van der Waals surface area contributed by atoms with E-state index < -0.39 is 0 Å². The molecule has 1 N–H and O–H groups in total. The van der Waals surface area contributed by atoms with Crippen molar-refractivity contribution < 1.29 is 9.59 Å². The fourth-order valence-electron chi connectivity index (χ4n) is 5.40. The Bertz CT molecular complexity index is 869. The van der Waals surface area contributed by atoms with Gasteiger partial charge in [0.1, 0.15) is 0 Å². The molecule has 0 spiro atoms. The van der Waals surface area contributed by atoms with Crippen molar-refractivity contribution in [2.45, 2.75) is 71.4 Å². The van der Waals surface area contributed by atoms with E-state index in [1.807, 2.05) is 11.9 Å². The van der Waals surface area contributed by atoms with E-state index in [2.05, 4.69) is 28.7 Å². The Morgan fingerprint density at radius 1 is 1.17 bits per heavy atom. The van der Waals surface area contributed by atoms with E-state index in [0.29, 0.717) is 6.42 Å². The van der Waals surface area contributed by atoms with Gasteiger partial charge in [-0.3, -0.25) is 14.3 Å². The Labute approximate surface area is 184 Å². The van der Waals surface area contributed by atoms with Crippen molar-refractivity contribution in [3.8, 4) is 0 Å². The van der Waals surface area contributed by atoms with Gasteiger partial charge in [0.25, 0.3) is 0 Å². The van der Waals surface area contributed by atoms with Gasteiger partial charge in [0, 0.05) is 40.0 Å². The van der Waals surface area contributed by atoms with Gasteiger partial charge in [-0.25, -0.2) is 0 Å². The third-order valence-electron chi connectivity index (χ3n) is 6.90. The number of amides is 1. The van der Waals surface area contributed by atoms with Crippen LogP contribution in [-0.4, -0.2) is 63.1 Å². The van der Waals surface area contributed by atoms with Crippen molar-refractivity contribution in [3.05, 3.63) is 17.0 Å². The molecule has 3 aliphatic rings. The fraction of sp³-hybridized carbons (Fsp3) is 0.727. The first-order valence-electron chi connectivity index (χ1n) is 11.1. The van der Waals surface area contributed by atoms with E-state index in [4.69, 9.17) is 17.3 Å². The molecule has 1 aliphatic carbocycles. The molecule has 3 heterocycles. The summed E-state index contributed by atoms with van der Waals surface area (Å²) in [5.74, 6) is 0.348. The van der Waals surface area contributed by atoms with Crippen molar-refractivity contribution in [3.63, 3.8) is 0 Å². The van der Waals surface area contributed by atoms with Gasteiger partial charge in [0.05, 0.1) is 29.0 Å². The zero-order chi connectivity index (χ0) is 21.6. The molecule has 0 saturated carbocycles. The van der Waals surface area contributed by atoms with Crippen molar-refractivity contribution >= 4 is 29.0 Å². The van der Waals surface area contributed by atoms with E-state index >= 15 is 0 Å². The third kappa shape index (κ3) is 3.74. The van der Waals surface area contributed by atoms with Gasteiger partial charge in [0.2, 0.25) is 5.91 Å². The fourth-order valence-corrected chi connectivity index (χ4v) is 5.62. The quantitative estimate of drug-likeness (QED) is 0.726. The number of nitrogens with zero attached hydrogens (tertiary/aromatic N) is 4. The van der Waals surface area contributed by atoms with Crippen LogP contribution in [0.2, 0.25) is 0 Å². The number of rotatable bonds is 2. The summed E-state index contributed by atoms with van der Waals surface area (Å²) >= 11 is 5.54. The summed E-state index contributed by atoms with van der Waals surface area (Å²) in [4.78, 5) is 29.1. The number of ketones is 1. The van der Waals surface area contributed by atoms with Crippen LogP contribution in [0.15, 0.2) is 0 Å². The lowest BCUT2D eigenvalue weighted by Gasteiger charge is -2.34. The Morgan fingerprint density at radius 2 is 1.87 bits per heavy atom. The lowest BCUT2D eigenvalue weighted by atomic mass is 9.75. The standard InChI is InChI=1S/C22H33N5O2S/c1-14(28)25-10-7-15(8-11-25)27-17-12-22(2,3)13-18(29)19(17)20(24-27)16-6-5-9-26(16)21(30)23-4/h15-16H,5-13H2,1-4H3,(H,23,30)/t16-/m1/s1. The van der Waals surface area contributed by atoms with Crippen LogP contribution in [0.25, 0.3) is 0 Å². The molecule has 0 aromatic carbocycles.